The van der Waals surface area contributed by atoms with Crippen molar-refractivity contribution >= 4 is 18.0 Å². The maximum absolute atomic E-state index is 13.1. The molecule has 1 fully saturated rings. The lowest BCUT2D eigenvalue weighted by atomic mass is 9.98. The van der Waals surface area contributed by atoms with Gasteiger partial charge >= 0.3 is 12.1 Å². The first-order valence-electron chi connectivity index (χ1n) is 13.8. The molecular weight excluding hydrogens is 522 g/mol. The second kappa shape index (κ2) is 12.5. The van der Waals surface area contributed by atoms with Crippen molar-refractivity contribution in [3.8, 4) is 11.1 Å². The molecule has 2 amide bonds. The fourth-order valence-electron chi connectivity index (χ4n) is 5.82. The Labute approximate surface area is 239 Å². The molecule has 0 saturated carbocycles. The summed E-state index contributed by atoms with van der Waals surface area (Å²) in [6.07, 6.45) is -1.06. The van der Waals surface area contributed by atoms with Crippen LogP contribution in [0.2, 0.25) is 0 Å². The van der Waals surface area contributed by atoms with Gasteiger partial charge in [0.25, 0.3) is 0 Å². The van der Waals surface area contributed by atoms with Crippen molar-refractivity contribution in [1.29, 1.82) is 0 Å². The Morgan fingerprint density at radius 1 is 0.976 bits per heavy atom. The van der Waals surface area contributed by atoms with E-state index in [1.807, 2.05) is 59.5 Å². The summed E-state index contributed by atoms with van der Waals surface area (Å²) in [5, 5.41) is 15.4. The highest BCUT2D eigenvalue weighted by Crippen LogP contribution is 2.44. The Balaban J connectivity index is 1.11. The van der Waals surface area contributed by atoms with E-state index in [2.05, 4.69) is 34.9 Å². The third kappa shape index (κ3) is 6.26. The molecule has 2 atom stereocenters. The van der Waals surface area contributed by atoms with Crippen LogP contribution in [0.15, 0.2) is 78.9 Å². The van der Waals surface area contributed by atoms with E-state index in [-0.39, 0.29) is 38.5 Å². The van der Waals surface area contributed by atoms with Gasteiger partial charge in [-0.25, -0.2) is 9.59 Å². The lowest BCUT2D eigenvalue weighted by Gasteiger charge is -2.28. The largest absolute Gasteiger partial charge is 0.479 e. The van der Waals surface area contributed by atoms with Crippen molar-refractivity contribution in [3.63, 3.8) is 0 Å². The maximum Gasteiger partial charge on any atom is 0.407 e. The molecule has 3 N–H and O–H groups in total. The quantitative estimate of drug-likeness (QED) is 0.329. The van der Waals surface area contributed by atoms with Crippen LogP contribution < -0.4 is 10.6 Å². The molecule has 2 aliphatic rings. The summed E-state index contributed by atoms with van der Waals surface area (Å²) in [7, 11) is 1.39. The molecule has 0 spiro atoms. The number of nitrogens with zero attached hydrogens (tertiary/aromatic N) is 1. The van der Waals surface area contributed by atoms with Crippen LogP contribution >= 0.6 is 0 Å². The van der Waals surface area contributed by atoms with E-state index in [0.29, 0.717) is 13.1 Å². The first-order chi connectivity index (χ1) is 19.9. The number of ether oxygens (including phenoxy) is 2. The molecule has 9 nitrogen and oxygen atoms in total. The molecule has 1 aliphatic carbocycles. The van der Waals surface area contributed by atoms with Crippen molar-refractivity contribution in [3.05, 3.63) is 95.6 Å². The van der Waals surface area contributed by atoms with E-state index in [9.17, 15) is 19.5 Å². The Morgan fingerprint density at radius 3 is 2.24 bits per heavy atom. The SMILES string of the molecule is COC(CCNC(=O)OCC1c2ccccc2-c2ccccc21)C(=O)NC1(C(=O)O)CCN(Cc2ccccc2)C1. The van der Waals surface area contributed by atoms with Crippen LogP contribution in [0.25, 0.3) is 11.1 Å². The predicted octanol–water partition coefficient (Wildman–Crippen LogP) is 3.78. The Hall–Kier alpha value is -4.21. The van der Waals surface area contributed by atoms with Crippen LogP contribution in [0.3, 0.4) is 0 Å². The fourth-order valence-corrected chi connectivity index (χ4v) is 5.82. The smallest absolute Gasteiger partial charge is 0.407 e. The third-order valence-electron chi connectivity index (χ3n) is 7.97. The van der Waals surface area contributed by atoms with Crippen LogP contribution in [0.1, 0.15) is 35.4 Å². The van der Waals surface area contributed by atoms with Gasteiger partial charge < -0.3 is 25.2 Å². The molecule has 1 saturated heterocycles. The van der Waals surface area contributed by atoms with Gasteiger partial charge in [-0.2, -0.15) is 0 Å². The molecule has 0 bridgehead atoms. The molecule has 5 rings (SSSR count). The number of benzene rings is 3. The van der Waals surface area contributed by atoms with E-state index in [1.165, 1.54) is 7.11 Å². The molecule has 1 heterocycles. The van der Waals surface area contributed by atoms with Crippen LogP contribution in [0.4, 0.5) is 4.79 Å². The summed E-state index contributed by atoms with van der Waals surface area (Å²) >= 11 is 0. The Morgan fingerprint density at radius 2 is 1.61 bits per heavy atom. The lowest BCUT2D eigenvalue weighted by molar-refractivity contribution is -0.149. The number of nitrogens with one attached hydrogen (secondary N) is 2. The monoisotopic (exact) mass is 557 g/mol. The zero-order valence-electron chi connectivity index (χ0n) is 23.0. The number of carboxylic acid groups (broad SMARTS) is 1. The van der Waals surface area contributed by atoms with Gasteiger partial charge in [0.2, 0.25) is 5.91 Å². The molecule has 214 valence electrons. The number of likely N-dealkylation sites (tertiary alicyclic amines) is 1. The molecule has 0 radical (unpaired) electrons. The fraction of sp³-hybridized carbons (Fsp3) is 0.344. The van der Waals surface area contributed by atoms with Gasteiger partial charge in [-0.05, 0) is 34.2 Å². The number of alkyl carbamates (subject to hydrolysis) is 1. The summed E-state index contributed by atoms with van der Waals surface area (Å²) in [6.45, 7) is 1.65. The summed E-state index contributed by atoms with van der Waals surface area (Å²) < 4.78 is 10.9. The zero-order chi connectivity index (χ0) is 28.8. The molecule has 1 aliphatic heterocycles. The van der Waals surface area contributed by atoms with Crippen molar-refractivity contribution in [2.45, 2.75) is 36.9 Å². The van der Waals surface area contributed by atoms with E-state index in [0.717, 1.165) is 27.8 Å². The number of hydrogen-bond donors (Lipinski definition) is 3. The lowest BCUT2D eigenvalue weighted by Crippen LogP contribution is -2.58. The average Bonchev–Trinajstić information content (AvgIpc) is 3.54. The minimum Gasteiger partial charge on any atom is -0.479 e. The van der Waals surface area contributed by atoms with Crippen LogP contribution in [-0.2, 0) is 25.6 Å². The molecule has 3 aromatic carbocycles. The number of hydrogen-bond acceptors (Lipinski definition) is 6. The number of methoxy groups -OCH3 is 1. The minimum absolute atomic E-state index is 0.0503. The Bertz CT molecular complexity index is 1350. The second-order valence-corrected chi connectivity index (χ2v) is 10.6. The maximum atomic E-state index is 13.1. The van der Waals surface area contributed by atoms with Gasteiger partial charge in [0.15, 0.2) is 5.54 Å². The number of carbonyl (C=O) groups excluding carboxylic acids is 2. The second-order valence-electron chi connectivity index (χ2n) is 10.6. The standard InChI is InChI=1S/C32H35N3O6/c1-40-28(29(36)34-32(30(37)38)16-18-35(21-32)19-22-9-3-2-4-10-22)15-17-33-31(39)41-20-27-25-13-7-5-11-23(25)24-12-6-8-14-26(24)27/h2-14,27-28H,15-21H2,1H3,(H,33,39)(H,34,36)(H,37,38). The van der Waals surface area contributed by atoms with Crippen molar-refractivity contribution < 1.29 is 29.0 Å². The molecular formula is C32H35N3O6. The summed E-state index contributed by atoms with van der Waals surface area (Å²) in [5.74, 6) is -1.65. The number of fused-ring (bicyclic) bond motifs is 3. The number of aliphatic carboxylic acids is 1. The van der Waals surface area contributed by atoms with Crippen molar-refractivity contribution in [1.82, 2.24) is 15.5 Å². The molecule has 41 heavy (non-hydrogen) atoms. The topological polar surface area (TPSA) is 117 Å². The summed E-state index contributed by atoms with van der Waals surface area (Å²) in [4.78, 5) is 39.8. The number of carbonyl (C=O) groups is 3. The molecule has 3 aromatic rings. The normalized spacial score (nSPS) is 18.8. The van der Waals surface area contributed by atoms with Gasteiger partial charge in [-0.15, -0.1) is 0 Å². The highest BCUT2D eigenvalue weighted by atomic mass is 16.5. The number of amides is 2. The van der Waals surface area contributed by atoms with Crippen LogP contribution in [0.5, 0.6) is 0 Å². The van der Waals surface area contributed by atoms with E-state index in [4.69, 9.17) is 9.47 Å². The predicted molar refractivity (Wildman–Crippen MR) is 153 cm³/mol. The highest BCUT2D eigenvalue weighted by Gasteiger charge is 2.47. The van der Waals surface area contributed by atoms with Crippen LogP contribution in [0, 0.1) is 0 Å². The molecule has 0 aromatic heterocycles. The Kier molecular flexibility index (Phi) is 8.66. The van der Waals surface area contributed by atoms with Gasteiger partial charge in [-0.1, -0.05) is 78.9 Å². The number of rotatable bonds is 11. The van der Waals surface area contributed by atoms with Crippen molar-refractivity contribution in [2.75, 3.05) is 33.4 Å². The summed E-state index contributed by atoms with van der Waals surface area (Å²) in [5.41, 5.74) is 4.22. The average molecular weight is 558 g/mol. The van der Waals surface area contributed by atoms with Gasteiger partial charge in [0.1, 0.15) is 12.7 Å². The van der Waals surface area contributed by atoms with Gasteiger partial charge in [-0.3, -0.25) is 9.69 Å². The minimum atomic E-state index is -1.40. The van der Waals surface area contributed by atoms with E-state index >= 15 is 0 Å². The van der Waals surface area contributed by atoms with Crippen molar-refractivity contribution in [2.24, 2.45) is 0 Å². The van der Waals surface area contributed by atoms with Gasteiger partial charge in [0, 0.05) is 45.6 Å². The first-order valence-corrected chi connectivity index (χ1v) is 13.8. The van der Waals surface area contributed by atoms with E-state index < -0.39 is 29.6 Å². The number of carboxylic acids is 1. The van der Waals surface area contributed by atoms with E-state index in [1.54, 1.807) is 0 Å². The van der Waals surface area contributed by atoms with Gasteiger partial charge in [0.05, 0.1) is 0 Å². The highest BCUT2D eigenvalue weighted by molar-refractivity contribution is 5.89. The first kappa shape index (κ1) is 28.3. The molecule has 2 unspecified atom stereocenters. The molecule has 9 heteroatoms. The van der Waals surface area contributed by atoms with Crippen LogP contribution in [-0.4, -0.2) is 73.0 Å². The summed E-state index contributed by atoms with van der Waals surface area (Å²) in [6, 6.07) is 26.0. The third-order valence-corrected chi connectivity index (χ3v) is 7.97. The zero-order valence-corrected chi connectivity index (χ0v) is 23.0.